The van der Waals surface area contributed by atoms with Crippen molar-refractivity contribution in [1.82, 2.24) is 20.2 Å². The number of amides is 2. The Labute approximate surface area is 247 Å². The number of aromatic nitrogens is 2. The number of nitrogens with one attached hydrogen (secondary N) is 1. The van der Waals surface area contributed by atoms with Crippen LogP contribution in [0.25, 0.3) is 6.08 Å². The second kappa shape index (κ2) is 12.4. The number of nitrogens with zero attached hydrogens (tertiary/aromatic N) is 4. The van der Waals surface area contributed by atoms with Crippen molar-refractivity contribution in [2.24, 2.45) is 10.6 Å². The molecule has 3 N–H and O–H groups in total. The monoisotopic (exact) mass is 620 g/mol. The number of thioether (sulfide) groups is 1. The van der Waals surface area contributed by atoms with E-state index in [4.69, 9.17) is 20.0 Å². The minimum Gasteiger partial charge on any atom is -0.427 e. The van der Waals surface area contributed by atoms with Crippen molar-refractivity contribution in [3.8, 4) is 0 Å². The number of hydrogen-bond donors (Lipinski definition) is 2. The average Bonchev–Trinajstić information content (AvgIpc) is 3.54. The molecule has 2 aromatic heterocycles. The summed E-state index contributed by atoms with van der Waals surface area (Å²) in [6.07, 6.45) is 3.55. The zero-order valence-electron chi connectivity index (χ0n) is 22.8. The van der Waals surface area contributed by atoms with Crippen molar-refractivity contribution in [2.45, 2.75) is 39.1 Å². The minimum atomic E-state index is -0.957. The molecule has 0 bridgehead atoms. The molecular formula is C25H28N6O7S3. The number of β-lactam (4-membered cyclic amide) rings is 1. The summed E-state index contributed by atoms with van der Waals surface area (Å²) in [7, 11) is 1.28. The first kappa shape index (κ1) is 30.2. The lowest BCUT2D eigenvalue weighted by molar-refractivity contribution is -0.173. The third-order valence-electron chi connectivity index (χ3n) is 5.85. The van der Waals surface area contributed by atoms with Gasteiger partial charge in [0, 0.05) is 16.0 Å². The lowest BCUT2D eigenvalue weighted by atomic mass is 9.98. The number of aryl methyl sites for hydroxylation is 1. The highest BCUT2D eigenvalue weighted by Gasteiger charge is 2.54. The summed E-state index contributed by atoms with van der Waals surface area (Å²) in [5, 5.41) is 7.59. The van der Waals surface area contributed by atoms with Crippen molar-refractivity contribution in [3.05, 3.63) is 44.5 Å². The van der Waals surface area contributed by atoms with Gasteiger partial charge in [-0.3, -0.25) is 19.3 Å². The molecule has 41 heavy (non-hydrogen) atoms. The molecule has 16 heteroatoms. The standard InChI is InChI=1S/C25H28N6O7S3/c1-12-15(41-10-27-12)7-6-13-8-39-21-17(29-19(32)16(30-36-5)14-9-40-24(26)28-14)20(33)31(21)18(13)22(34)37-11-38-23(35)25(2,3)4/h6-7,9-10,17,21H,8,11H2,1-5H3,(H2,26,28)(H,29,32)/b7-6-,30-16?/t17-,21+/m1/s1. The van der Waals surface area contributed by atoms with E-state index >= 15 is 0 Å². The van der Waals surface area contributed by atoms with Crippen LogP contribution in [-0.4, -0.2) is 75.4 Å². The van der Waals surface area contributed by atoms with E-state index in [0.29, 0.717) is 11.3 Å². The van der Waals surface area contributed by atoms with E-state index in [1.807, 2.05) is 13.0 Å². The summed E-state index contributed by atoms with van der Waals surface area (Å²) in [5.74, 6) is -2.26. The largest absolute Gasteiger partial charge is 0.427 e. The molecule has 0 aliphatic carbocycles. The van der Waals surface area contributed by atoms with Gasteiger partial charge in [0.1, 0.15) is 29.9 Å². The van der Waals surface area contributed by atoms with Gasteiger partial charge in [0.25, 0.3) is 11.8 Å². The highest BCUT2D eigenvalue weighted by Crippen LogP contribution is 2.41. The highest BCUT2D eigenvalue weighted by atomic mass is 32.2. The van der Waals surface area contributed by atoms with Gasteiger partial charge in [0.05, 0.1) is 16.6 Å². The van der Waals surface area contributed by atoms with Crippen LogP contribution in [0.4, 0.5) is 5.13 Å². The van der Waals surface area contributed by atoms with Gasteiger partial charge in [-0.2, -0.15) is 0 Å². The van der Waals surface area contributed by atoms with Gasteiger partial charge < -0.3 is 25.4 Å². The fourth-order valence-corrected chi connectivity index (χ4v) is 6.29. The topological polar surface area (TPSA) is 175 Å². The normalized spacial score (nSPS) is 19.1. The van der Waals surface area contributed by atoms with E-state index in [2.05, 4.69) is 20.4 Å². The molecular weight excluding hydrogens is 593 g/mol. The molecule has 13 nitrogen and oxygen atoms in total. The molecule has 4 rings (SSSR count). The summed E-state index contributed by atoms with van der Waals surface area (Å²) < 4.78 is 10.3. The van der Waals surface area contributed by atoms with E-state index in [1.165, 1.54) is 35.1 Å². The Balaban J connectivity index is 1.55. The van der Waals surface area contributed by atoms with Crippen LogP contribution in [0.2, 0.25) is 0 Å². The smallest absolute Gasteiger partial charge is 0.358 e. The van der Waals surface area contributed by atoms with Crippen LogP contribution in [-0.2, 0) is 33.5 Å². The van der Waals surface area contributed by atoms with Crippen LogP contribution in [0.5, 0.6) is 0 Å². The number of anilines is 1. The number of nitrogen functional groups attached to an aromatic ring is 1. The number of carbonyl (C=O) groups excluding carboxylic acids is 4. The number of thiazole rings is 2. The molecule has 0 spiro atoms. The fourth-order valence-electron chi connectivity index (χ4n) is 3.73. The Bertz CT molecular complexity index is 1460. The third-order valence-corrected chi connectivity index (χ3v) is 8.72. The molecule has 2 aromatic rings. The average molecular weight is 621 g/mol. The summed E-state index contributed by atoms with van der Waals surface area (Å²) in [6, 6.07) is -0.957. The maximum Gasteiger partial charge on any atom is 0.358 e. The van der Waals surface area contributed by atoms with Crippen molar-refractivity contribution < 1.29 is 33.5 Å². The number of fused-ring (bicyclic) bond motifs is 1. The second-order valence-electron chi connectivity index (χ2n) is 9.80. The van der Waals surface area contributed by atoms with Gasteiger partial charge in [-0.1, -0.05) is 11.2 Å². The summed E-state index contributed by atoms with van der Waals surface area (Å²) >= 11 is 3.92. The highest BCUT2D eigenvalue weighted by molar-refractivity contribution is 8.00. The first-order valence-corrected chi connectivity index (χ1v) is 15.0. The minimum absolute atomic E-state index is 0.00697. The van der Waals surface area contributed by atoms with E-state index in [0.717, 1.165) is 21.9 Å². The van der Waals surface area contributed by atoms with Gasteiger partial charge in [0.2, 0.25) is 6.79 Å². The fraction of sp³-hybridized carbons (Fsp3) is 0.400. The molecule has 2 amide bonds. The van der Waals surface area contributed by atoms with Crippen LogP contribution in [0.3, 0.4) is 0 Å². The van der Waals surface area contributed by atoms with Gasteiger partial charge in [-0.25, -0.2) is 14.8 Å². The van der Waals surface area contributed by atoms with Gasteiger partial charge in [-0.15, -0.1) is 34.4 Å². The third kappa shape index (κ3) is 6.60. The number of esters is 2. The van der Waals surface area contributed by atoms with Crippen LogP contribution < -0.4 is 11.1 Å². The predicted octanol–water partition coefficient (Wildman–Crippen LogP) is 2.30. The van der Waals surface area contributed by atoms with Gasteiger partial charge in [0.15, 0.2) is 10.8 Å². The number of ether oxygens (including phenoxy) is 2. The van der Waals surface area contributed by atoms with Crippen molar-refractivity contribution >= 4 is 75.1 Å². The molecule has 0 saturated carbocycles. The Kier molecular flexibility index (Phi) is 9.14. The van der Waals surface area contributed by atoms with Gasteiger partial charge in [-0.05, 0) is 39.3 Å². The molecule has 2 aliphatic rings. The van der Waals surface area contributed by atoms with E-state index in [1.54, 1.807) is 37.7 Å². The first-order valence-electron chi connectivity index (χ1n) is 12.2. The van der Waals surface area contributed by atoms with E-state index in [-0.39, 0.29) is 22.2 Å². The zero-order valence-corrected chi connectivity index (χ0v) is 25.3. The Morgan fingerprint density at radius 1 is 1.24 bits per heavy atom. The van der Waals surface area contributed by atoms with Crippen molar-refractivity contribution in [1.29, 1.82) is 0 Å². The first-order chi connectivity index (χ1) is 19.4. The SMILES string of the molecule is CON=C(C(=O)N[C@@H]1C(=O)N2C(C(=O)OCOC(=O)C(C)(C)C)=C(/C=C\c3scnc3C)CS[C@@H]12)c1csc(N)n1. The summed E-state index contributed by atoms with van der Waals surface area (Å²) in [5.41, 5.74) is 8.03. The molecule has 0 radical (unpaired) electrons. The number of carbonyl (C=O) groups is 4. The molecule has 2 aliphatic heterocycles. The molecule has 2 atom stereocenters. The number of nitrogens with two attached hydrogens (primary N) is 1. The number of allylic oxidation sites excluding steroid dienone is 1. The lowest BCUT2D eigenvalue weighted by Crippen LogP contribution is -2.71. The summed E-state index contributed by atoms with van der Waals surface area (Å²) in [6.45, 7) is 6.27. The quantitative estimate of drug-likeness (QED) is 0.138. The molecule has 1 fully saturated rings. The lowest BCUT2D eigenvalue weighted by Gasteiger charge is -2.49. The van der Waals surface area contributed by atoms with Crippen molar-refractivity contribution in [2.75, 3.05) is 25.4 Å². The number of oxime groups is 1. The number of hydrogen-bond acceptors (Lipinski definition) is 14. The molecule has 4 heterocycles. The molecule has 218 valence electrons. The summed E-state index contributed by atoms with van der Waals surface area (Å²) in [4.78, 5) is 67.0. The van der Waals surface area contributed by atoms with Crippen LogP contribution >= 0.6 is 34.4 Å². The Morgan fingerprint density at radius 3 is 2.61 bits per heavy atom. The predicted molar refractivity (Wildman–Crippen MR) is 155 cm³/mol. The Morgan fingerprint density at radius 2 is 2.00 bits per heavy atom. The van der Waals surface area contributed by atoms with E-state index < -0.39 is 47.4 Å². The Hall–Kier alpha value is -3.76. The van der Waals surface area contributed by atoms with Crippen molar-refractivity contribution in [3.63, 3.8) is 0 Å². The molecule has 0 aromatic carbocycles. The van der Waals surface area contributed by atoms with Crippen LogP contribution in [0.1, 0.15) is 37.0 Å². The molecule has 0 unspecified atom stereocenters. The zero-order chi connectivity index (χ0) is 29.9. The maximum atomic E-state index is 13.3. The molecule has 1 saturated heterocycles. The van der Waals surface area contributed by atoms with E-state index in [9.17, 15) is 19.2 Å². The number of rotatable bonds is 9. The van der Waals surface area contributed by atoms with Gasteiger partial charge >= 0.3 is 11.9 Å². The van der Waals surface area contributed by atoms with Crippen LogP contribution in [0.15, 0.2) is 33.4 Å². The second-order valence-corrected chi connectivity index (χ2v) is 12.7. The maximum absolute atomic E-state index is 13.3. The van der Waals surface area contributed by atoms with Crippen LogP contribution in [0, 0.1) is 12.3 Å².